The van der Waals surface area contributed by atoms with Crippen molar-refractivity contribution in [1.29, 1.82) is 0 Å². The van der Waals surface area contributed by atoms with E-state index in [1.54, 1.807) is 4.68 Å². The van der Waals surface area contributed by atoms with Crippen LogP contribution in [0.25, 0.3) is 11.5 Å². The Hall–Kier alpha value is -1.21. The second-order valence-corrected chi connectivity index (χ2v) is 7.36. The van der Waals surface area contributed by atoms with Gasteiger partial charge in [-0.25, -0.2) is 4.68 Å². The van der Waals surface area contributed by atoms with Crippen LogP contribution in [0.2, 0.25) is 5.02 Å². The molecule has 1 aromatic heterocycles. The molecule has 3 rings (SSSR count). The topological polar surface area (TPSA) is 37.4 Å². The van der Waals surface area contributed by atoms with Crippen LogP contribution in [0.15, 0.2) is 28.7 Å². The fourth-order valence-electron chi connectivity index (χ4n) is 2.96. The zero-order valence-electron chi connectivity index (χ0n) is 14.1. The summed E-state index contributed by atoms with van der Waals surface area (Å²) in [6.45, 7) is 10.5. The van der Waals surface area contributed by atoms with Gasteiger partial charge in [0.25, 0.3) is 4.84 Å². The van der Waals surface area contributed by atoms with Gasteiger partial charge in [-0.2, -0.15) is 0 Å². The molecule has 1 aliphatic heterocycles. The highest BCUT2D eigenvalue weighted by Crippen LogP contribution is 2.26. The second-order valence-electron chi connectivity index (χ2n) is 6.61. The van der Waals surface area contributed by atoms with Crippen LogP contribution in [0.1, 0.15) is 13.8 Å². The van der Waals surface area contributed by atoms with E-state index in [0.29, 0.717) is 28.3 Å². The van der Waals surface area contributed by atoms with Gasteiger partial charge in [-0.1, -0.05) is 37.6 Å². The number of piperazine rings is 1. The Balaban J connectivity index is 1.65. The Morgan fingerprint density at radius 3 is 2.50 bits per heavy atom. The fourth-order valence-corrected chi connectivity index (χ4v) is 3.35. The third kappa shape index (κ3) is 4.25. The van der Waals surface area contributed by atoms with Crippen LogP contribution in [0.4, 0.5) is 0 Å². The quantitative estimate of drug-likeness (QED) is 0.753. The van der Waals surface area contributed by atoms with Gasteiger partial charge in [0, 0.05) is 32.7 Å². The van der Waals surface area contributed by atoms with Crippen molar-refractivity contribution in [3.8, 4) is 11.5 Å². The zero-order valence-corrected chi connectivity index (χ0v) is 15.7. The molecule has 0 radical (unpaired) electrons. The predicted octanol–water partition coefficient (Wildman–Crippen LogP) is 3.76. The van der Waals surface area contributed by atoms with Gasteiger partial charge in [0.05, 0.1) is 17.3 Å². The van der Waals surface area contributed by atoms with E-state index in [9.17, 15) is 0 Å². The highest BCUT2D eigenvalue weighted by molar-refractivity contribution is 7.71. The minimum absolute atomic E-state index is 0.384. The van der Waals surface area contributed by atoms with Crippen molar-refractivity contribution >= 4 is 23.8 Å². The van der Waals surface area contributed by atoms with E-state index >= 15 is 0 Å². The SMILES string of the molecule is CC(C)CN1CCN(Cn2nc(-c3ccccc3Cl)oc2=S)CC1. The molecule has 2 heterocycles. The first-order valence-electron chi connectivity index (χ1n) is 8.30. The lowest BCUT2D eigenvalue weighted by atomic mass is 10.2. The number of aromatic nitrogens is 2. The van der Waals surface area contributed by atoms with Crippen molar-refractivity contribution in [3.63, 3.8) is 0 Å². The summed E-state index contributed by atoms with van der Waals surface area (Å²) in [6.07, 6.45) is 0. The van der Waals surface area contributed by atoms with E-state index in [2.05, 4.69) is 28.7 Å². The van der Waals surface area contributed by atoms with E-state index in [0.717, 1.165) is 38.3 Å². The molecule has 0 atom stereocenters. The van der Waals surface area contributed by atoms with Crippen LogP contribution in [0.5, 0.6) is 0 Å². The second kappa shape index (κ2) is 7.78. The standard InChI is InChI=1S/C17H23ClN4OS/c1-13(2)11-20-7-9-21(10-8-20)12-22-17(24)23-16(19-22)14-5-3-4-6-15(14)18/h3-6,13H,7-12H2,1-2H3. The highest BCUT2D eigenvalue weighted by Gasteiger charge is 2.19. The molecule has 0 amide bonds. The summed E-state index contributed by atoms with van der Waals surface area (Å²) in [7, 11) is 0. The first-order valence-corrected chi connectivity index (χ1v) is 9.09. The number of halogens is 1. The molecule has 2 aromatic rings. The minimum atomic E-state index is 0.384. The van der Waals surface area contributed by atoms with E-state index in [1.165, 1.54) is 0 Å². The van der Waals surface area contributed by atoms with Crippen molar-refractivity contribution in [3.05, 3.63) is 34.1 Å². The Morgan fingerprint density at radius 1 is 1.17 bits per heavy atom. The Morgan fingerprint density at radius 2 is 1.83 bits per heavy atom. The molecule has 24 heavy (non-hydrogen) atoms. The van der Waals surface area contributed by atoms with Gasteiger partial charge in [0.15, 0.2) is 0 Å². The van der Waals surface area contributed by atoms with Crippen molar-refractivity contribution in [2.75, 3.05) is 32.7 Å². The molecule has 0 N–H and O–H groups in total. The molecule has 0 saturated carbocycles. The summed E-state index contributed by atoms with van der Waals surface area (Å²) in [5, 5.41) is 5.12. The number of hydrogen-bond donors (Lipinski definition) is 0. The minimum Gasteiger partial charge on any atom is -0.409 e. The van der Waals surface area contributed by atoms with Gasteiger partial charge in [-0.3, -0.25) is 4.90 Å². The maximum Gasteiger partial charge on any atom is 0.288 e. The van der Waals surface area contributed by atoms with Crippen LogP contribution in [0, 0.1) is 10.8 Å². The molecule has 1 aromatic carbocycles. The summed E-state index contributed by atoms with van der Waals surface area (Å²) in [5.41, 5.74) is 0.769. The van der Waals surface area contributed by atoms with E-state index in [4.69, 9.17) is 28.2 Å². The molecule has 7 heteroatoms. The summed E-state index contributed by atoms with van der Waals surface area (Å²) in [4.78, 5) is 5.25. The van der Waals surface area contributed by atoms with E-state index in [1.807, 2.05) is 24.3 Å². The van der Waals surface area contributed by atoms with Crippen LogP contribution in [-0.2, 0) is 6.67 Å². The largest absolute Gasteiger partial charge is 0.409 e. The van der Waals surface area contributed by atoms with E-state index < -0.39 is 0 Å². The first-order chi connectivity index (χ1) is 11.5. The highest BCUT2D eigenvalue weighted by atomic mass is 35.5. The normalized spacial score (nSPS) is 16.8. The molecule has 5 nitrogen and oxygen atoms in total. The molecular formula is C17H23ClN4OS. The van der Waals surface area contributed by atoms with Crippen LogP contribution >= 0.6 is 23.8 Å². The third-order valence-corrected chi connectivity index (χ3v) is 4.76. The lowest BCUT2D eigenvalue weighted by Gasteiger charge is -2.35. The predicted molar refractivity (Wildman–Crippen MR) is 98.6 cm³/mol. The molecule has 1 saturated heterocycles. The molecule has 0 aliphatic carbocycles. The zero-order chi connectivity index (χ0) is 17.1. The van der Waals surface area contributed by atoms with Gasteiger partial charge in [0.2, 0.25) is 5.89 Å². The van der Waals surface area contributed by atoms with Crippen LogP contribution < -0.4 is 0 Å². The van der Waals surface area contributed by atoms with Gasteiger partial charge >= 0.3 is 0 Å². The Kier molecular flexibility index (Phi) is 5.71. The van der Waals surface area contributed by atoms with Gasteiger partial charge < -0.3 is 9.32 Å². The molecular weight excluding hydrogens is 344 g/mol. The molecule has 0 spiro atoms. The summed E-state index contributed by atoms with van der Waals surface area (Å²) in [5.74, 6) is 1.18. The maximum absolute atomic E-state index is 6.21. The average molecular weight is 367 g/mol. The number of hydrogen-bond acceptors (Lipinski definition) is 5. The Labute approximate surface area is 152 Å². The van der Waals surface area contributed by atoms with Gasteiger partial charge in [-0.05, 0) is 30.3 Å². The molecule has 130 valence electrons. The van der Waals surface area contributed by atoms with Crippen molar-refractivity contribution in [2.45, 2.75) is 20.5 Å². The third-order valence-electron chi connectivity index (χ3n) is 4.13. The molecule has 0 bridgehead atoms. The number of rotatable bonds is 5. The molecule has 0 unspecified atom stereocenters. The smallest absolute Gasteiger partial charge is 0.288 e. The van der Waals surface area contributed by atoms with Crippen LogP contribution in [-0.4, -0.2) is 52.3 Å². The van der Waals surface area contributed by atoms with Gasteiger partial charge in [-0.15, -0.1) is 5.10 Å². The Bertz CT molecular complexity index is 734. The first kappa shape index (κ1) is 17.6. The molecule has 1 aliphatic rings. The van der Waals surface area contributed by atoms with Gasteiger partial charge in [0.1, 0.15) is 0 Å². The van der Waals surface area contributed by atoms with Crippen molar-refractivity contribution < 1.29 is 4.42 Å². The number of benzene rings is 1. The summed E-state index contributed by atoms with van der Waals surface area (Å²) in [6, 6.07) is 7.50. The average Bonchev–Trinajstić information content (AvgIpc) is 2.90. The molecule has 1 fully saturated rings. The van der Waals surface area contributed by atoms with E-state index in [-0.39, 0.29) is 0 Å². The lowest BCUT2D eigenvalue weighted by Crippen LogP contribution is -2.47. The van der Waals surface area contributed by atoms with Crippen LogP contribution in [0.3, 0.4) is 0 Å². The number of nitrogens with zero attached hydrogens (tertiary/aromatic N) is 4. The maximum atomic E-state index is 6.21. The fraction of sp³-hybridized carbons (Fsp3) is 0.529. The summed E-state index contributed by atoms with van der Waals surface area (Å²) >= 11 is 11.5. The lowest BCUT2D eigenvalue weighted by molar-refractivity contribution is 0.0944. The van der Waals surface area contributed by atoms with Crippen molar-refractivity contribution in [1.82, 2.24) is 19.6 Å². The summed E-state index contributed by atoms with van der Waals surface area (Å²) < 4.78 is 7.38. The van der Waals surface area contributed by atoms with Crippen molar-refractivity contribution in [2.24, 2.45) is 5.92 Å². The monoisotopic (exact) mass is 366 g/mol.